The van der Waals surface area contributed by atoms with Crippen molar-refractivity contribution in [2.24, 2.45) is 0 Å². The minimum Gasteiger partial charge on any atom is -0.495 e. The second kappa shape index (κ2) is 8.65. The molecule has 0 aliphatic carbocycles. The van der Waals surface area contributed by atoms with Gasteiger partial charge in [-0.1, -0.05) is 29.8 Å². The summed E-state index contributed by atoms with van der Waals surface area (Å²) in [6.45, 7) is -0.00506. The van der Waals surface area contributed by atoms with Gasteiger partial charge < -0.3 is 29.3 Å². The zero-order chi connectivity index (χ0) is 22.0. The van der Waals surface area contributed by atoms with E-state index >= 15 is 0 Å². The molecule has 0 aliphatic heterocycles. The number of furan rings is 1. The molecule has 0 atom stereocenters. The standard InChI is InChI=1S/C23H21ClN2O5/c1-28-20-11-22(30-3)17(9-15(20)24)26-23(27)12-25-16-10-19-14(8-21(16)29-2)13-6-4-5-7-18(13)31-19/h4-11,25H,12H2,1-3H3,(H,26,27). The van der Waals surface area contributed by atoms with Crippen molar-refractivity contribution in [2.45, 2.75) is 0 Å². The van der Waals surface area contributed by atoms with E-state index in [9.17, 15) is 4.79 Å². The summed E-state index contributed by atoms with van der Waals surface area (Å²) in [4.78, 5) is 12.6. The number of ether oxygens (including phenoxy) is 3. The first-order valence-corrected chi connectivity index (χ1v) is 9.86. The van der Waals surface area contributed by atoms with E-state index in [0.717, 1.165) is 16.4 Å². The van der Waals surface area contributed by atoms with Crippen LogP contribution >= 0.6 is 11.6 Å². The summed E-state index contributed by atoms with van der Waals surface area (Å²) in [5.74, 6) is 1.22. The Hall–Kier alpha value is -3.58. The minimum atomic E-state index is -0.286. The molecule has 2 N–H and O–H groups in total. The molecule has 4 aromatic rings. The monoisotopic (exact) mass is 440 g/mol. The molecule has 8 heteroatoms. The first kappa shape index (κ1) is 20.7. The van der Waals surface area contributed by atoms with Crippen molar-refractivity contribution in [3.05, 3.63) is 53.6 Å². The van der Waals surface area contributed by atoms with Crippen LogP contribution in [0.1, 0.15) is 0 Å². The van der Waals surface area contributed by atoms with Gasteiger partial charge in [-0.3, -0.25) is 4.79 Å². The van der Waals surface area contributed by atoms with Crippen LogP contribution in [-0.2, 0) is 4.79 Å². The van der Waals surface area contributed by atoms with E-state index in [-0.39, 0.29) is 12.5 Å². The molecule has 0 spiro atoms. The van der Waals surface area contributed by atoms with Gasteiger partial charge in [0.1, 0.15) is 28.4 Å². The van der Waals surface area contributed by atoms with Crippen LogP contribution in [0.25, 0.3) is 21.9 Å². The van der Waals surface area contributed by atoms with Crippen molar-refractivity contribution in [3.8, 4) is 17.2 Å². The smallest absolute Gasteiger partial charge is 0.243 e. The summed E-state index contributed by atoms with van der Waals surface area (Å²) in [5, 5.41) is 8.20. The van der Waals surface area contributed by atoms with Crippen LogP contribution in [0, 0.1) is 0 Å². The molecule has 1 aromatic heterocycles. The maximum Gasteiger partial charge on any atom is 0.243 e. The van der Waals surface area contributed by atoms with Crippen molar-refractivity contribution in [2.75, 3.05) is 38.5 Å². The largest absolute Gasteiger partial charge is 0.495 e. The molecule has 0 fully saturated rings. The second-order valence-electron chi connectivity index (χ2n) is 6.74. The average Bonchev–Trinajstić information content (AvgIpc) is 3.14. The van der Waals surface area contributed by atoms with Crippen molar-refractivity contribution >= 4 is 50.8 Å². The Morgan fingerprint density at radius 1 is 0.871 bits per heavy atom. The van der Waals surface area contributed by atoms with E-state index in [1.165, 1.54) is 14.2 Å². The lowest BCUT2D eigenvalue weighted by atomic mass is 10.1. The van der Waals surface area contributed by atoms with E-state index in [1.807, 2.05) is 36.4 Å². The highest BCUT2D eigenvalue weighted by Crippen LogP contribution is 2.37. The van der Waals surface area contributed by atoms with Crippen LogP contribution in [0.2, 0.25) is 5.02 Å². The number of carbonyl (C=O) groups is 1. The van der Waals surface area contributed by atoms with Crippen LogP contribution in [0.4, 0.5) is 11.4 Å². The van der Waals surface area contributed by atoms with E-state index in [1.54, 1.807) is 19.2 Å². The Bertz CT molecular complexity index is 1270. The molecule has 0 aliphatic rings. The maximum atomic E-state index is 12.6. The number of hydrogen-bond donors (Lipinski definition) is 2. The molecule has 31 heavy (non-hydrogen) atoms. The number of benzene rings is 3. The van der Waals surface area contributed by atoms with Crippen molar-refractivity contribution < 1.29 is 23.4 Å². The summed E-state index contributed by atoms with van der Waals surface area (Å²) in [6.07, 6.45) is 0. The van der Waals surface area contributed by atoms with Gasteiger partial charge in [0, 0.05) is 22.9 Å². The zero-order valence-electron chi connectivity index (χ0n) is 17.2. The number of hydrogen-bond acceptors (Lipinski definition) is 6. The van der Waals surface area contributed by atoms with E-state index in [2.05, 4.69) is 10.6 Å². The van der Waals surface area contributed by atoms with Crippen molar-refractivity contribution in [1.82, 2.24) is 0 Å². The number of rotatable bonds is 7. The van der Waals surface area contributed by atoms with Crippen LogP contribution in [0.5, 0.6) is 17.2 Å². The summed E-state index contributed by atoms with van der Waals surface area (Å²) < 4.78 is 21.9. The number of fused-ring (bicyclic) bond motifs is 3. The van der Waals surface area contributed by atoms with Crippen molar-refractivity contribution in [1.29, 1.82) is 0 Å². The fourth-order valence-electron chi connectivity index (χ4n) is 3.39. The number of nitrogens with one attached hydrogen (secondary N) is 2. The van der Waals surface area contributed by atoms with Gasteiger partial charge >= 0.3 is 0 Å². The molecule has 0 radical (unpaired) electrons. The third-order valence-electron chi connectivity index (χ3n) is 4.89. The molecule has 0 bridgehead atoms. The molecule has 0 saturated heterocycles. The highest BCUT2D eigenvalue weighted by atomic mass is 35.5. The third kappa shape index (κ3) is 4.04. The Labute approximate surface area is 183 Å². The molecule has 0 saturated carbocycles. The highest BCUT2D eigenvalue weighted by molar-refractivity contribution is 6.32. The minimum absolute atomic E-state index is 0.00506. The molecular formula is C23H21ClN2O5. The van der Waals surface area contributed by atoms with Crippen LogP contribution in [0.3, 0.4) is 0 Å². The molecule has 4 rings (SSSR count). The van der Waals surface area contributed by atoms with Gasteiger partial charge in [-0.25, -0.2) is 0 Å². The Balaban J connectivity index is 1.54. The van der Waals surface area contributed by atoms with Crippen LogP contribution < -0.4 is 24.8 Å². The third-order valence-corrected chi connectivity index (χ3v) is 5.18. The van der Waals surface area contributed by atoms with Gasteiger partial charge in [0.2, 0.25) is 5.91 Å². The first-order chi connectivity index (χ1) is 15.0. The fourth-order valence-corrected chi connectivity index (χ4v) is 3.63. The summed E-state index contributed by atoms with van der Waals surface area (Å²) in [5.41, 5.74) is 2.58. The van der Waals surface area contributed by atoms with Gasteiger partial charge in [0.25, 0.3) is 0 Å². The number of halogens is 1. The summed E-state index contributed by atoms with van der Waals surface area (Å²) in [6, 6.07) is 14.7. The Morgan fingerprint density at radius 3 is 2.32 bits per heavy atom. The Kier molecular flexibility index (Phi) is 5.77. The van der Waals surface area contributed by atoms with E-state index in [0.29, 0.717) is 39.2 Å². The van der Waals surface area contributed by atoms with Gasteiger partial charge in [0.05, 0.1) is 44.3 Å². The number of carbonyl (C=O) groups excluding carboxylic acids is 1. The lowest BCUT2D eigenvalue weighted by Gasteiger charge is -2.14. The molecule has 160 valence electrons. The quantitative estimate of drug-likeness (QED) is 0.405. The lowest BCUT2D eigenvalue weighted by molar-refractivity contribution is -0.114. The average molecular weight is 441 g/mol. The molecule has 7 nitrogen and oxygen atoms in total. The second-order valence-corrected chi connectivity index (χ2v) is 7.14. The van der Waals surface area contributed by atoms with Gasteiger partial charge in [-0.05, 0) is 18.2 Å². The number of para-hydroxylation sites is 1. The number of anilines is 2. The van der Waals surface area contributed by atoms with E-state index in [4.69, 9.17) is 30.2 Å². The number of amides is 1. The normalized spacial score (nSPS) is 10.8. The van der Waals surface area contributed by atoms with Gasteiger partial charge in [-0.2, -0.15) is 0 Å². The lowest BCUT2D eigenvalue weighted by Crippen LogP contribution is -2.22. The van der Waals surface area contributed by atoms with Crippen LogP contribution in [0.15, 0.2) is 52.9 Å². The Morgan fingerprint density at radius 2 is 1.58 bits per heavy atom. The van der Waals surface area contributed by atoms with Gasteiger partial charge in [-0.15, -0.1) is 0 Å². The zero-order valence-corrected chi connectivity index (χ0v) is 18.0. The molecule has 3 aromatic carbocycles. The topological polar surface area (TPSA) is 82.0 Å². The molecule has 0 unspecified atom stereocenters. The predicted octanol–water partition coefficient (Wildman–Crippen LogP) is 5.32. The fraction of sp³-hybridized carbons (Fsp3) is 0.174. The first-order valence-electron chi connectivity index (χ1n) is 9.48. The molecular weight excluding hydrogens is 420 g/mol. The highest BCUT2D eigenvalue weighted by Gasteiger charge is 2.15. The summed E-state index contributed by atoms with van der Waals surface area (Å²) >= 11 is 6.17. The number of methoxy groups -OCH3 is 3. The molecule has 1 heterocycles. The SMILES string of the molecule is COc1cc(OC)c(NC(=O)CNc2cc3oc4ccccc4c3cc2OC)cc1Cl. The molecule has 1 amide bonds. The maximum absolute atomic E-state index is 12.6. The summed E-state index contributed by atoms with van der Waals surface area (Å²) in [7, 11) is 4.60. The van der Waals surface area contributed by atoms with Crippen LogP contribution in [-0.4, -0.2) is 33.8 Å². The predicted molar refractivity (Wildman–Crippen MR) is 122 cm³/mol. The van der Waals surface area contributed by atoms with Gasteiger partial charge in [0.15, 0.2) is 0 Å². The van der Waals surface area contributed by atoms with Crippen molar-refractivity contribution in [3.63, 3.8) is 0 Å². The van der Waals surface area contributed by atoms with E-state index < -0.39 is 0 Å².